The summed E-state index contributed by atoms with van der Waals surface area (Å²) in [4.78, 5) is 2.46. The molecule has 0 fully saturated rings. The lowest BCUT2D eigenvalue weighted by Gasteiger charge is -2.47. The minimum Gasteiger partial charge on any atom is -0.397 e. The lowest BCUT2D eigenvalue weighted by Crippen LogP contribution is -2.40. The van der Waals surface area contributed by atoms with Crippen LogP contribution < -0.4 is 10.6 Å². The zero-order valence-corrected chi connectivity index (χ0v) is 19.8. The predicted molar refractivity (Wildman–Crippen MR) is 140 cm³/mol. The van der Waals surface area contributed by atoms with Crippen molar-refractivity contribution < 1.29 is 0 Å². The fraction of sp³-hybridized carbons (Fsp3) is 0.226. The van der Waals surface area contributed by atoms with Crippen LogP contribution in [-0.2, 0) is 5.41 Å². The molecule has 2 aliphatic rings. The average Bonchev–Trinajstić information content (AvgIpc) is 3.11. The Labute approximate surface area is 196 Å². The summed E-state index contributed by atoms with van der Waals surface area (Å²) in [5, 5.41) is 0. The first-order valence-corrected chi connectivity index (χ1v) is 12.0. The number of fused-ring (bicyclic) bond motifs is 9. The van der Waals surface area contributed by atoms with E-state index in [1.165, 1.54) is 50.3 Å². The standard InChI is InChI=1S/C31H30N2/c1-19(2)21-17-18-27-30(29(21)32)33(20(3)4)28-16-10-9-15-26(28)31(27)24-13-7-5-11-22(24)23-12-6-8-14-25(23)31/h5-20H,32H2,1-4H3. The summed E-state index contributed by atoms with van der Waals surface area (Å²) in [6, 6.07) is 31.6. The number of anilines is 3. The van der Waals surface area contributed by atoms with Gasteiger partial charge in [-0.2, -0.15) is 0 Å². The second kappa shape index (κ2) is 6.99. The summed E-state index contributed by atoms with van der Waals surface area (Å²) < 4.78 is 0. The number of benzene rings is 4. The van der Waals surface area contributed by atoms with Crippen LogP contribution in [0.4, 0.5) is 17.1 Å². The molecule has 0 amide bonds. The molecule has 0 saturated heterocycles. The van der Waals surface area contributed by atoms with Gasteiger partial charge < -0.3 is 10.6 Å². The number of hydrogen-bond acceptors (Lipinski definition) is 2. The first kappa shape index (κ1) is 20.1. The zero-order valence-electron chi connectivity index (χ0n) is 19.8. The molecule has 2 N–H and O–H groups in total. The number of rotatable bonds is 2. The Morgan fingerprint density at radius 1 is 0.636 bits per heavy atom. The third kappa shape index (κ3) is 2.44. The highest BCUT2D eigenvalue weighted by Crippen LogP contribution is 2.63. The second-order valence-electron chi connectivity index (χ2n) is 9.94. The molecule has 2 heteroatoms. The summed E-state index contributed by atoms with van der Waals surface area (Å²) in [5.74, 6) is 0.362. The van der Waals surface area contributed by atoms with E-state index in [2.05, 4.69) is 118 Å². The Kier molecular flexibility index (Phi) is 4.26. The summed E-state index contributed by atoms with van der Waals surface area (Å²) in [5.41, 5.74) is 19.2. The van der Waals surface area contributed by atoms with E-state index < -0.39 is 0 Å². The van der Waals surface area contributed by atoms with Gasteiger partial charge in [0, 0.05) is 11.7 Å². The quantitative estimate of drug-likeness (QED) is 0.292. The van der Waals surface area contributed by atoms with E-state index >= 15 is 0 Å². The lowest BCUT2D eigenvalue weighted by atomic mass is 9.64. The highest BCUT2D eigenvalue weighted by atomic mass is 15.2. The maximum atomic E-state index is 7.04. The van der Waals surface area contributed by atoms with Crippen molar-refractivity contribution in [3.05, 3.63) is 113 Å². The fourth-order valence-corrected chi connectivity index (χ4v) is 6.31. The van der Waals surface area contributed by atoms with Gasteiger partial charge in [-0.05, 0) is 64.8 Å². The third-order valence-electron chi connectivity index (χ3n) is 7.55. The van der Waals surface area contributed by atoms with Gasteiger partial charge in [-0.25, -0.2) is 0 Å². The summed E-state index contributed by atoms with van der Waals surface area (Å²) in [7, 11) is 0. The Hall–Kier alpha value is -3.52. The van der Waals surface area contributed by atoms with Crippen LogP contribution in [0.15, 0.2) is 84.9 Å². The van der Waals surface area contributed by atoms with Crippen LogP contribution >= 0.6 is 0 Å². The summed E-state index contributed by atoms with van der Waals surface area (Å²) in [6.45, 7) is 8.97. The van der Waals surface area contributed by atoms with Crippen LogP contribution in [0.1, 0.15) is 61.4 Å². The van der Waals surface area contributed by atoms with E-state index in [1.807, 2.05) is 0 Å². The molecule has 1 heterocycles. The van der Waals surface area contributed by atoms with Crippen molar-refractivity contribution in [3.63, 3.8) is 0 Å². The maximum Gasteiger partial charge on any atom is 0.0754 e. The molecule has 33 heavy (non-hydrogen) atoms. The van der Waals surface area contributed by atoms with Crippen LogP contribution in [-0.4, -0.2) is 6.04 Å². The van der Waals surface area contributed by atoms with Gasteiger partial charge in [0.1, 0.15) is 0 Å². The molecule has 0 bridgehead atoms. The van der Waals surface area contributed by atoms with Crippen molar-refractivity contribution in [2.45, 2.75) is 45.1 Å². The topological polar surface area (TPSA) is 29.3 Å². The van der Waals surface area contributed by atoms with Crippen LogP contribution in [0.3, 0.4) is 0 Å². The highest BCUT2D eigenvalue weighted by Gasteiger charge is 2.52. The molecule has 1 aliphatic heterocycles. The molecule has 0 radical (unpaired) electrons. The Morgan fingerprint density at radius 2 is 1.18 bits per heavy atom. The van der Waals surface area contributed by atoms with Crippen molar-refractivity contribution in [2.24, 2.45) is 0 Å². The predicted octanol–water partition coefficient (Wildman–Crippen LogP) is 7.62. The molecule has 164 valence electrons. The van der Waals surface area contributed by atoms with Crippen molar-refractivity contribution in [1.29, 1.82) is 0 Å². The van der Waals surface area contributed by atoms with E-state index in [9.17, 15) is 0 Å². The lowest BCUT2D eigenvalue weighted by molar-refractivity contribution is 0.698. The van der Waals surface area contributed by atoms with Crippen molar-refractivity contribution >= 4 is 17.1 Å². The highest BCUT2D eigenvalue weighted by molar-refractivity contribution is 5.96. The average molecular weight is 431 g/mol. The molecule has 0 atom stereocenters. The maximum absolute atomic E-state index is 7.04. The normalized spacial score (nSPS) is 14.9. The van der Waals surface area contributed by atoms with Gasteiger partial charge in [0.25, 0.3) is 0 Å². The van der Waals surface area contributed by atoms with E-state index in [0.29, 0.717) is 5.92 Å². The van der Waals surface area contributed by atoms with Crippen molar-refractivity contribution in [1.82, 2.24) is 0 Å². The number of nitrogens with zero attached hydrogens (tertiary/aromatic N) is 1. The molecule has 6 rings (SSSR count). The summed E-state index contributed by atoms with van der Waals surface area (Å²) >= 11 is 0. The third-order valence-corrected chi connectivity index (χ3v) is 7.55. The molecule has 4 aromatic carbocycles. The van der Waals surface area contributed by atoms with Crippen LogP contribution in [0.2, 0.25) is 0 Å². The van der Waals surface area contributed by atoms with Gasteiger partial charge in [0.05, 0.1) is 16.8 Å². The van der Waals surface area contributed by atoms with Crippen LogP contribution in [0.5, 0.6) is 0 Å². The van der Waals surface area contributed by atoms with E-state index in [0.717, 1.165) is 5.69 Å². The van der Waals surface area contributed by atoms with Gasteiger partial charge in [-0.3, -0.25) is 0 Å². The van der Waals surface area contributed by atoms with Gasteiger partial charge in [-0.15, -0.1) is 0 Å². The van der Waals surface area contributed by atoms with Crippen molar-refractivity contribution in [2.75, 3.05) is 10.6 Å². The smallest absolute Gasteiger partial charge is 0.0754 e. The summed E-state index contributed by atoms with van der Waals surface area (Å²) in [6.07, 6.45) is 0. The molecular weight excluding hydrogens is 400 g/mol. The zero-order chi connectivity index (χ0) is 22.9. The molecule has 0 aromatic heterocycles. The monoisotopic (exact) mass is 430 g/mol. The first-order valence-electron chi connectivity index (χ1n) is 12.0. The van der Waals surface area contributed by atoms with Crippen molar-refractivity contribution in [3.8, 4) is 11.1 Å². The molecule has 0 saturated carbocycles. The van der Waals surface area contributed by atoms with E-state index in [1.54, 1.807) is 0 Å². The fourth-order valence-electron chi connectivity index (χ4n) is 6.31. The SMILES string of the molecule is CC(C)c1ccc2c(c1N)N(C(C)C)c1ccccc1C21c2ccccc2-c2ccccc21. The number of nitrogen functional groups attached to an aromatic ring is 1. The minimum atomic E-state index is -0.381. The molecule has 1 aliphatic carbocycles. The van der Waals surface area contributed by atoms with Gasteiger partial charge >= 0.3 is 0 Å². The van der Waals surface area contributed by atoms with Gasteiger partial charge in [0.2, 0.25) is 0 Å². The van der Waals surface area contributed by atoms with E-state index in [-0.39, 0.29) is 11.5 Å². The van der Waals surface area contributed by atoms with Crippen LogP contribution in [0.25, 0.3) is 11.1 Å². The Morgan fingerprint density at radius 3 is 1.76 bits per heavy atom. The number of nitrogens with two attached hydrogens (primary N) is 1. The van der Waals surface area contributed by atoms with E-state index in [4.69, 9.17) is 5.73 Å². The van der Waals surface area contributed by atoms with Gasteiger partial charge in [-0.1, -0.05) is 92.7 Å². The van der Waals surface area contributed by atoms with Gasteiger partial charge in [0.15, 0.2) is 0 Å². The molecule has 2 nitrogen and oxygen atoms in total. The molecule has 0 unspecified atom stereocenters. The Bertz CT molecular complexity index is 1350. The first-order chi connectivity index (χ1) is 16.0. The molecular formula is C31H30N2. The Balaban J connectivity index is 1.85. The minimum absolute atomic E-state index is 0.277. The van der Waals surface area contributed by atoms with Crippen LogP contribution in [0, 0.1) is 0 Å². The molecule has 4 aromatic rings. The second-order valence-corrected chi connectivity index (χ2v) is 9.94. The largest absolute Gasteiger partial charge is 0.397 e. The number of para-hydroxylation sites is 1. The molecule has 1 spiro atoms. The number of hydrogen-bond donors (Lipinski definition) is 1.